The number of hydrogen-bond acceptors (Lipinski definition) is 4. The summed E-state index contributed by atoms with van der Waals surface area (Å²) in [5.41, 5.74) is 5.38. The topological polar surface area (TPSA) is 54.4 Å². The van der Waals surface area contributed by atoms with Crippen LogP contribution in [-0.4, -0.2) is 16.6 Å². The lowest BCUT2D eigenvalue weighted by Gasteiger charge is -2.06. The highest BCUT2D eigenvalue weighted by Gasteiger charge is 2.07. The fourth-order valence-corrected chi connectivity index (χ4v) is 2.57. The molecule has 110 valence electrons. The Kier molecular flexibility index (Phi) is 5.63. The molecule has 0 saturated carbocycles. The Morgan fingerprint density at radius 2 is 2.10 bits per heavy atom. The minimum Gasteiger partial charge on any atom is -0.273 e. The first kappa shape index (κ1) is 15.4. The van der Waals surface area contributed by atoms with E-state index in [2.05, 4.69) is 22.4 Å². The van der Waals surface area contributed by atoms with Crippen molar-refractivity contribution >= 4 is 23.0 Å². The van der Waals surface area contributed by atoms with Crippen molar-refractivity contribution in [3.05, 3.63) is 52.0 Å². The van der Waals surface area contributed by atoms with Gasteiger partial charge in [-0.05, 0) is 18.9 Å². The maximum atomic E-state index is 11.9. The average molecular weight is 301 g/mol. The zero-order valence-electron chi connectivity index (χ0n) is 12.3. The lowest BCUT2D eigenvalue weighted by molar-refractivity contribution is -0.120. The van der Waals surface area contributed by atoms with E-state index in [1.165, 1.54) is 0 Å². The Balaban J connectivity index is 2.00. The third-order valence-electron chi connectivity index (χ3n) is 2.92. The second-order valence-electron chi connectivity index (χ2n) is 4.74. The normalized spacial score (nSPS) is 11.4. The highest BCUT2D eigenvalue weighted by atomic mass is 32.1. The number of nitrogens with one attached hydrogen (secondary N) is 1. The van der Waals surface area contributed by atoms with Crippen LogP contribution in [0.4, 0.5) is 0 Å². The van der Waals surface area contributed by atoms with E-state index < -0.39 is 0 Å². The predicted molar refractivity (Wildman–Crippen MR) is 86.6 cm³/mol. The van der Waals surface area contributed by atoms with Gasteiger partial charge in [-0.1, -0.05) is 43.7 Å². The van der Waals surface area contributed by atoms with E-state index in [-0.39, 0.29) is 12.3 Å². The van der Waals surface area contributed by atoms with Crippen molar-refractivity contribution < 1.29 is 4.79 Å². The van der Waals surface area contributed by atoms with Crippen LogP contribution in [0.15, 0.2) is 40.8 Å². The van der Waals surface area contributed by atoms with E-state index in [0.717, 1.165) is 34.8 Å². The van der Waals surface area contributed by atoms with Crippen LogP contribution in [-0.2, 0) is 11.2 Å². The van der Waals surface area contributed by atoms with Crippen LogP contribution in [0.3, 0.4) is 0 Å². The summed E-state index contributed by atoms with van der Waals surface area (Å²) in [6, 6.07) is 9.92. The molecule has 1 aromatic carbocycles. The molecule has 0 aliphatic heterocycles. The number of thiazole rings is 1. The zero-order valence-corrected chi connectivity index (χ0v) is 13.1. The summed E-state index contributed by atoms with van der Waals surface area (Å²) >= 11 is 1.55. The number of hydrogen-bond donors (Lipinski definition) is 1. The Hall–Kier alpha value is -2.01. The van der Waals surface area contributed by atoms with Crippen molar-refractivity contribution in [3.8, 4) is 0 Å². The van der Waals surface area contributed by atoms with E-state index in [1.807, 2.05) is 42.6 Å². The molecular weight excluding hydrogens is 282 g/mol. The number of carbonyl (C=O) groups excluding carboxylic acids is 1. The Morgan fingerprint density at radius 1 is 1.33 bits per heavy atom. The molecule has 1 aromatic heterocycles. The predicted octanol–water partition coefficient (Wildman–Crippen LogP) is 3.31. The largest absolute Gasteiger partial charge is 0.273 e. The van der Waals surface area contributed by atoms with Gasteiger partial charge in [-0.2, -0.15) is 5.10 Å². The van der Waals surface area contributed by atoms with Gasteiger partial charge in [-0.25, -0.2) is 10.4 Å². The summed E-state index contributed by atoms with van der Waals surface area (Å²) in [6.45, 7) is 4.03. The van der Waals surface area contributed by atoms with Gasteiger partial charge in [-0.3, -0.25) is 4.79 Å². The Morgan fingerprint density at radius 3 is 2.71 bits per heavy atom. The number of aryl methyl sites for hydroxylation is 1. The molecule has 0 spiro atoms. The molecule has 0 bridgehead atoms. The van der Waals surface area contributed by atoms with Gasteiger partial charge in [0.2, 0.25) is 5.91 Å². The van der Waals surface area contributed by atoms with Gasteiger partial charge in [0, 0.05) is 5.38 Å². The number of hydrazone groups is 1. The molecule has 1 amide bonds. The van der Waals surface area contributed by atoms with E-state index in [0.29, 0.717) is 0 Å². The van der Waals surface area contributed by atoms with E-state index >= 15 is 0 Å². The van der Waals surface area contributed by atoms with Gasteiger partial charge in [0.05, 0.1) is 22.8 Å². The lowest BCUT2D eigenvalue weighted by atomic mass is 10.1. The Labute approximate surface area is 128 Å². The smallest absolute Gasteiger partial charge is 0.246 e. The number of aromatic nitrogens is 1. The second-order valence-corrected chi connectivity index (χ2v) is 5.81. The second kappa shape index (κ2) is 7.69. The molecule has 4 nitrogen and oxygen atoms in total. The molecule has 1 heterocycles. The third-order valence-corrected chi connectivity index (χ3v) is 3.74. The summed E-state index contributed by atoms with van der Waals surface area (Å²) in [4.78, 5) is 16.2. The maximum Gasteiger partial charge on any atom is 0.246 e. The van der Waals surface area contributed by atoms with Gasteiger partial charge in [0.25, 0.3) is 0 Å². The quantitative estimate of drug-likeness (QED) is 0.657. The maximum absolute atomic E-state index is 11.9. The standard InChI is InChI=1S/C16H19N3OS/c1-3-7-15(13-8-5-4-6-9-13)18-19-16(20)10-14-11-21-12(2)17-14/h4-6,8-9,11H,3,7,10H2,1-2H3,(H,19,20)/b18-15-. The molecule has 0 fully saturated rings. The molecule has 0 unspecified atom stereocenters. The Bertz CT molecular complexity index is 619. The van der Waals surface area contributed by atoms with Gasteiger partial charge in [0.15, 0.2) is 0 Å². The minimum absolute atomic E-state index is 0.134. The summed E-state index contributed by atoms with van der Waals surface area (Å²) in [5.74, 6) is -0.134. The van der Waals surface area contributed by atoms with Gasteiger partial charge in [-0.15, -0.1) is 11.3 Å². The molecule has 2 aromatic rings. The van der Waals surface area contributed by atoms with Crippen molar-refractivity contribution in [1.29, 1.82) is 0 Å². The van der Waals surface area contributed by atoms with Crippen LogP contribution in [0.2, 0.25) is 0 Å². The zero-order chi connectivity index (χ0) is 15.1. The van der Waals surface area contributed by atoms with Gasteiger partial charge >= 0.3 is 0 Å². The van der Waals surface area contributed by atoms with Gasteiger partial charge in [0.1, 0.15) is 0 Å². The number of rotatable bonds is 6. The molecule has 0 atom stereocenters. The highest BCUT2D eigenvalue weighted by Crippen LogP contribution is 2.09. The van der Waals surface area contributed by atoms with E-state index in [4.69, 9.17) is 0 Å². The molecule has 21 heavy (non-hydrogen) atoms. The molecule has 0 aliphatic carbocycles. The first-order valence-corrected chi connectivity index (χ1v) is 7.89. The minimum atomic E-state index is -0.134. The molecular formula is C16H19N3OS. The molecule has 0 saturated heterocycles. The SMILES string of the molecule is CCC/C(=N/NC(=O)Cc1csc(C)n1)c1ccccc1. The van der Waals surface area contributed by atoms with Crippen molar-refractivity contribution in [2.24, 2.45) is 5.10 Å². The van der Waals surface area contributed by atoms with Crippen LogP contribution in [0.25, 0.3) is 0 Å². The average Bonchev–Trinajstić information content (AvgIpc) is 2.89. The number of carbonyl (C=O) groups is 1. The molecule has 5 heteroatoms. The summed E-state index contributed by atoms with van der Waals surface area (Å²) in [7, 11) is 0. The molecule has 0 aliphatic rings. The molecule has 2 rings (SSSR count). The fourth-order valence-electron chi connectivity index (χ4n) is 1.96. The highest BCUT2D eigenvalue weighted by molar-refractivity contribution is 7.09. The van der Waals surface area contributed by atoms with Crippen molar-refractivity contribution in [1.82, 2.24) is 10.4 Å². The molecule has 1 N–H and O–H groups in total. The van der Waals surface area contributed by atoms with Crippen LogP contribution in [0, 0.1) is 6.92 Å². The first-order chi connectivity index (χ1) is 10.2. The lowest BCUT2D eigenvalue weighted by Crippen LogP contribution is -2.22. The number of benzene rings is 1. The molecule has 0 radical (unpaired) electrons. The monoisotopic (exact) mass is 301 g/mol. The van der Waals surface area contributed by atoms with Gasteiger partial charge < -0.3 is 0 Å². The van der Waals surface area contributed by atoms with E-state index in [9.17, 15) is 4.79 Å². The first-order valence-electron chi connectivity index (χ1n) is 7.01. The number of amides is 1. The summed E-state index contributed by atoms with van der Waals surface area (Å²) in [5, 5.41) is 7.15. The number of nitrogens with zero attached hydrogens (tertiary/aromatic N) is 2. The third kappa shape index (κ3) is 4.79. The van der Waals surface area contributed by atoms with Crippen LogP contribution >= 0.6 is 11.3 Å². The van der Waals surface area contributed by atoms with Crippen LogP contribution in [0.5, 0.6) is 0 Å². The van der Waals surface area contributed by atoms with E-state index in [1.54, 1.807) is 11.3 Å². The van der Waals surface area contributed by atoms with Crippen molar-refractivity contribution in [2.45, 2.75) is 33.1 Å². The summed E-state index contributed by atoms with van der Waals surface area (Å²) < 4.78 is 0. The van der Waals surface area contributed by atoms with Crippen LogP contribution < -0.4 is 5.43 Å². The van der Waals surface area contributed by atoms with Crippen molar-refractivity contribution in [3.63, 3.8) is 0 Å². The van der Waals surface area contributed by atoms with Crippen molar-refractivity contribution in [2.75, 3.05) is 0 Å². The fraction of sp³-hybridized carbons (Fsp3) is 0.312. The van der Waals surface area contributed by atoms with Crippen LogP contribution in [0.1, 0.15) is 36.0 Å². The summed E-state index contributed by atoms with van der Waals surface area (Å²) in [6.07, 6.45) is 2.08.